The van der Waals surface area contributed by atoms with Crippen LogP contribution in [0.1, 0.15) is 31.2 Å². The number of H-pyrrole nitrogens is 1. The van der Waals surface area contributed by atoms with Crippen molar-refractivity contribution in [2.24, 2.45) is 5.41 Å². The summed E-state index contributed by atoms with van der Waals surface area (Å²) < 4.78 is 12.3. The van der Waals surface area contributed by atoms with E-state index in [2.05, 4.69) is 5.16 Å². The number of aromatic amines is 1. The molecule has 10 nitrogen and oxygen atoms in total. The van der Waals surface area contributed by atoms with Crippen molar-refractivity contribution in [2.45, 2.75) is 19.8 Å². The van der Waals surface area contributed by atoms with Gasteiger partial charge in [0.2, 0.25) is 5.69 Å². The molecule has 1 fully saturated rings. The average Bonchev–Trinajstić information content (AvgIpc) is 2.95. The fraction of sp³-hybridized carbons (Fsp3) is 0.533. The van der Waals surface area contributed by atoms with Crippen LogP contribution in [-0.2, 0) is 4.74 Å². The summed E-state index contributed by atoms with van der Waals surface area (Å²) >= 11 is 0. The Bertz CT molecular complexity index is 876. The summed E-state index contributed by atoms with van der Waals surface area (Å²) in [4.78, 5) is 23.2. The molecule has 1 aromatic rings. The lowest BCUT2D eigenvalue weighted by Crippen LogP contribution is -2.40. The first-order valence-electron chi connectivity index (χ1n) is 7.81. The third-order valence-corrected chi connectivity index (χ3v) is 4.45. The third kappa shape index (κ3) is 2.97. The Morgan fingerprint density at radius 3 is 2.76 bits per heavy atom. The molecule has 0 radical (unpaired) electrons. The van der Waals surface area contributed by atoms with Crippen LogP contribution in [0, 0.1) is 20.4 Å². The number of fused-ring (bicyclic) bond motifs is 1. The van der Waals surface area contributed by atoms with Crippen LogP contribution < -0.4 is 4.60 Å². The van der Waals surface area contributed by atoms with E-state index in [1.165, 1.54) is 6.08 Å². The van der Waals surface area contributed by atoms with Gasteiger partial charge < -0.3 is 10.1 Å². The highest BCUT2D eigenvalue weighted by Gasteiger charge is 2.52. The van der Waals surface area contributed by atoms with Crippen molar-refractivity contribution in [3.63, 3.8) is 0 Å². The highest BCUT2D eigenvalue weighted by Crippen LogP contribution is 2.44. The van der Waals surface area contributed by atoms with E-state index in [1.807, 2.05) is 30.5 Å². The number of morpholine rings is 1. The van der Waals surface area contributed by atoms with Gasteiger partial charge in [0.15, 0.2) is 17.7 Å². The van der Waals surface area contributed by atoms with Gasteiger partial charge >= 0.3 is 0 Å². The van der Waals surface area contributed by atoms with E-state index in [1.54, 1.807) is 0 Å². The van der Waals surface area contributed by atoms with Crippen LogP contribution in [0.25, 0.3) is 11.0 Å². The van der Waals surface area contributed by atoms with Crippen LogP contribution in [0.2, 0.25) is 0 Å². The number of nitrogens with one attached hydrogen (secondary N) is 1. The molecule has 0 saturated carbocycles. The van der Waals surface area contributed by atoms with Gasteiger partial charge in [0.05, 0.1) is 15.9 Å². The molecule has 2 aliphatic rings. The second-order valence-electron chi connectivity index (χ2n) is 6.59. The van der Waals surface area contributed by atoms with Gasteiger partial charge in [-0.2, -0.15) is 0 Å². The summed E-state index contributed by atoms with van der Waals surface area (Å²) in [5.41, 5.74) is -0.760. The van der Waals surface area contributed by atoms with Crippen LogP contribution in [0.15, 0.2) is 16.4 Å². The van der Waals surface area contributed by atoms with Crippen molar-refractivity contribution in [1.82, 2.24) is 5.16 Å². The predicted octanol–water partition coefficient (Wildman–Crippen LogP) is 0.542. The summed E-state index contributed by atoms with van der Waals surface area (Å²) in [5, 5.41) is 23.3. The molecule has 1 aliphatic carbocycles. The Kier molecular flexibility index (Phi) is 4.23. The quantitative estimate of drug-likeness (QED) is 0.369. The highest BCUT2D eigenvalue weighted by molar-refractivity contribution is 5.97. The lowest BCUT2D eigenvalue weighted by atomic mass is 9.72. The summed E-state index contributed by atoms with van der Waals surface area (Å²) in [6, 6.07) is 0. The summed E-state index contributed by atoms with van der Waals surface area (Å²) in [7, 11) is 0. The predicted molar refractivity (Wildman–Crippen MR) is 86.7 cm³/mol. The number of nitrogens with zero attached hydrogens (tertiary/aromatic N) is 4. The first-order chi connectivity index (χ1) is 11.8. The second kappa shape index (κ2) is 6.23. The van der Waals surface area contributed by atoms with Gasteiger partial charge in [0, 0.05) is 6.08 Å². The zero-order chi connectivity index (χ0) is 18.2. The van der Waals surface area contributed by atoms with Crippen molar-refractivity contribution in [3.8, 4) is 0 Å². The maximum Gasteiger partial charge on any atom is 0.265 e. The maximum absolute atomic E-state index is 12.1. The van der Waals surface area contributed by atoms with Gasteiger partial charge in [-0.25, -0.2) is 4.58 Å². The average molecular weight is 348 g/mol. The van der Waals surface area contributed by atoms with Crippen molar-refractivity contribution in [3.05, 3.63) is 43.6 Å². The van der Waals surface area contributed by atoms with Gasteiger partial charge in [0.25, 0.3) is 11.4 Å². The van der Waals surface area contributed by atoms with E-state index in [0.717, 1.165) is 0 Å². The third-order valence-electron chi connectivity index (χ3n) is 4.45. The molecule has 25 heavy (non-hydrogen) atoms. The number of nitro groups is 1. The van der Waals surface area contributed by atoms with Crippen LogP contribution in [0.3, 0.4) is 0 Å². The minimum Gasteiger partial charge on any atom is -0.763 e. The lowest BCUT2D eigenvalue weighted by molar-refractivity contribution is -0.721. The zero-order valence-electron chi connectivity index (χ0n) is 13.9. The van der Waals surface area contributed by atoms with Crippen molar-refractivity contribution in [2.75, 3.05) is 26.3 Å². The summed E-state index contributed by atoms with van der Waals surface area (Å²) in [6.45, 7) is 6.13. The van der Waals surface area contributed by atoms with Gasteiger partial charge in [-0.15, -0.1) is 0 Å². The molecule has 0 bridgehead atoms. The minimum absolute atomic E-state index is 0.00141. The summed E-state index contributed by atoms with van der Waals surface area (Å²) in [6.07, 6.45) is 3.10. The Hall–Kier alpha value is -2.84. The van der Waals surface area contributed by atoms with Gasteiger partial charge in [0.1, 0.15) is 25.3 Å². The van der Waals surface area contributed by atoms with E-state index < -0.39 is 16.3 Å². The molecule has 1 atom stereocenters. The van der Waals surface area contributed by atoms with E-state index in [-0.39, 0.29) is 27.3 Å². The molecule has 1 saturated heterocycles. The molecule has 0 spiro atoms. The monoisotopic (exact) mass is 348 g/mol. The fourth-order valence-corrected chi connectivity index (χ4v) is 3.40. The van der Waals surface area contributed by atoms with Crippen LogP contribution in [-0.4, -0.2) is 53.0 Å². The molecular formula is C15H18N5O5+. The molecule has 3 rings (SSSR count). The Morgan fingerprint density at radius 2 is 2.16 bits per heavy atom. The number of hydrogen-bond acceptors (Lipinski definition) is 5. The van der Waals surface area contributed by atoms with Gasteiger partial charge in [-0.1, -0.05) is 9.79 Å². The maximum atomic E-state index is 12.1. The van der Waals surface area contributed by atoms with Crippen molar-refractivity contribution >= 4 is 17.7 Å². The van der Waals surface area contributed by atoms with Crippen molar-refractivity contribution < 1.29 is 23.5 Å². The lowest BCUT2D eigenvalue weighted by Gasteiger charge is -2.26. The first kappa shape index (κ1) is 17.0. The number of rotatable bonds is 3. The standard InChI is InChI=1S/C15H18N5O5/c1-15(2,9-18-3-5-24-6-4-18)12-11(19(21)22)7-10(8-16)13-14(12)20(23)25-17-13/h7,9,12,17H,3-6H2,1-2H3/q+1. The molecule has 2 heterocycles. The van der Waals surface area contributed by atoms with Crippen LogP contribution in [0.5, 0.6) is 0 Å². The molecule has 1 aromatic heterocycles. The van der Waals surface area contributed by atoms with Crippen LogP contribution in [0.4, 0.5) is 0 Å². The smallest absolute Gasteiger partial charge is 0.265 e. The molecule has 0 aromatic carbocycles. The molecule has 1 N–H and O–H groups in total. The molecule has 132 valence electrons. The number of allylic oxidation sites excluding steroid dienone is 3. The second-order valence-corrected chi connectivity index (χ2v) is 6.59. The minimum atomic E-state index is -0.870. The molecular weight excluding hydrogens is 330 g/mol. The fourth-order valence-electron chi connectivity index (χ4n) is 3.40. The molecule has 10 heteroatoms. The normalized spacial score (nSPS) is 20.6. The topological polar surface area (TPSA) is 130 Å². The van der Waals surface area contributed by atoms with E-state index in [0.29, 0.717) is 26.3 Å². The Morgan fingerprint density at radius 1 is 1.48 bits per heavy atom. The Labute approximate surface area is 142 Å². The van der Waals surface area contributed by atoms with Gasteiger partial charge in [-0.05, 0) is 18.8 Å². The molecule has 1 unspecified atom stereocenters. The highest BCUT2D eigenvalue weighted by atomic mass is 16.7. The molecule has 1 aliphatic heterocycles. The first-order valence-corrected chi connectivity index (χ1v) is 7.81. The Balaban J connectivity index is 2.17. The SMILES string of the molecule is CC(C)(C=[N+]1CCOCC1)C1C([N+](=O)[O-])=CC(=C=[N-])c2[nH]o[n+](=O)c21. The van der Waals surface area contributed by atoms with Crippen molar-refractivity contribution in [1.29, 1.82) is 0 Å². The number of ether oxygens (including phenoxy) is 1. The van der Waals surface area contributed by atoms with E-state index in [4.69, 9.17) is 9.37 Å². The zero-order valence-corrected chi connectivity index (χ0v) is 13.9. The van der Waals surface area contributed by atoms with Crippen LogP contribution >= 0.6 is 0 Å². The summed E-state index contributed by atoms with van der Waals surface area (Å²) in [5.74, 6) is 0.996. The molecule has 0 amide bonds. The number of aromatic nitrogens is 2. The largest absolute Gasteiger partial charge is 0.763 e. The number of hydrogen-bond donors (Lipinski definition) is 1. The van der Waals surface area contributed by atoms with E-state index >= 15 is 0 Å². The van der Waals surface area contributed by atoms with Gasteiger partial charge in [-0.3, -0.25) is 16.0 Å². The van der Waals surface area contributed by atoms with E-state index in [9.17, 15) is 20.4 Å².